The molecule has 1 N–H and O–H groups in total. The maximum absolute atomic E-state index is 12.1. The van der Waals surface area contributed by atoms with Crippen LogP contribution >= 0.6 is 11.3 Å². The van der Waals surface area contributed by atoms with Gasteiger partial charge in [-0.25, -0.2) is 13.1 Å². The van der Waals surface area contributed by atoms with Crippen molar-refractivity contribution >= 4 is 27.1 Å². The molecular formula is C15H17NO3S2. The first-order valence-corrected chi connectivity index (χ1v) is 8.84. The highest BCUT2D eigenvalue weighted by atomic mass is 32.2. The van der Waals surface area contributed by atoms with Crippen molar-refractivity contribution in [2.24, 2.45) is 0 Å². The van der Waals surface area contributed by atoms with Crippen molar-refractivity contribution in [2.45, 2.75) is 25.2 Å². The summed E-state index contributed by atoms with van der Waals surface area (Å²) in [5, 5.41) is 0. The molecule has 2 aromatic rings. The van der Waals surface area contributed by atoms with E-state index in [2.05, 4.69) is 4.72 Å². The normalized spacial score (nSPS) is 11.5. The number of carbonyl (C=O) groups excluding carboxylic acids is 1. The van der Waals surface area contributed by atoms with Crippen LogP contribution < -0.4 is 4.72 Å². The second-order valence-corrected chi connectivity index (χ2v) is 7.72. The summed E-state index contributed by atoms with van der Waals surface area (Å²) < 4.78 is 26.7. The number of Topliss-reactive ketones (excluding diaryl/α,β-unsaturated/α-hetero) is 1. The minimum atomic E-state index is -3.47. The van der Waals surface area contributed by atoms with Crippen molar-refractivity contribution in [1.29, 1.82) is 0 Å². The number of hydrogen-bond acceptors (Lipinski definition) is 4. The fraction of sp³-hybridized carbons (Fsp3) is 0.267. The van der Waals surface area contributed by atoms with Crippen LogP contribution in [0.2, 0.25) is 0 Å². The maximum atomic E-state index is 12.1. The molecule has 4 nitrogen and oxygen atoms in total. The smallest absolute Gasteiger partial charge is 0.240 e. The SMILES string of the molecule is CC(=O)c1ccc(CCNS(=O)(=O)c2ccc(C)cc2)s1. The molecule has 0 radical (unpaired) electrons. The third-order valence-electron chi connectivity index (χ3n) is 3.00. The Hall–Kier alpha value is -1.50. The molecule has 2 rings (SSSR count). The van der Waals surface area contributed by atoms with Crippen LogP contribution in [-0.4, -0.2) is 20.7 Å². The summed E-state index contributed by atoms with van der Waals surface area (Å²) in [5.74, 6) is 0.0338. The Morgan fingerprint density at radius 3 is 2.38 bits per heavy atom. The molecule has 0 amide bonds. The molecular weight excluding hydrogens is 306 g/mol. The van der Waals surface area contributed by atoms with Gasteiger partial charge in [-0.05, 0) is 44.5 Å². The molecule has 6 heteroatoms. The van der Waals surface area contributed by atoms with Crippen LogP contribution in [0.1, 0.15) is 27.0 Å². The molecule has 0 aliphatic heterocycles. The zero-order valence-corrected chi connectivity index (χ0v) is 13.6. The Balaban J connectivity index is 1.95. The quantitative estimate of drug-likeness (QED) is 0.832. The maximum Gasteiger partial charge on any atom is 0.240 e. The standard InChI is InChI=1S/C15H17NO3S2/c1-11-3-6-14(7-4-11)21(18,19)16-10-9-13-5-8-15(20-13)12(2)17/h3-8,16H,9-10H2,1-2H3. The number of carbonyl (C=O) groups is 1. The number of ketones is 1. The van der Waals surface area contributed by atoms with Crippen LogP contribution in [0, 0.1) is 6.92 Å². The molecule has 0 saturated heterocycles. The van der Waals surface area contributed by atoms with Gasteiger partial charge in [0.2, 0.25) is 10.0 Å². The third kappa shape index (κ3) is 4.23. The van der Waals surface area contributed by atoms with Gasteiger partial charge in [0, 0.05) is 11.4 Å². The Kier molecular flexibility index (Phi) is 4.92. The van der Waals surface area contributed by atoms with Gasteiger partial charge in [-0.2, -0.15) is 0 Å². The highest BCUT2D eigenvalue weighted by Crippen LogP contribution is 2.17. The number of nitrogens with one attached hydrogen (secondary N) is 1. The molecule has 0 saturated carbocycles. The lowest BCUT2D eigenvalue weighted by Gasteiger charge is -2.06. The summed E-state index contributed by atoms with van der Waals surface area (Å²) in [6.45, 7) is 3.75. The van der Waals surface area contributed by atoms with Crippen LogP contribution in [0.3, 0.4) is 0 Å². The van der Waals surface area contributed by atoms with E-state index in [1.807, 2.05) is 13.0 Å². The fourth-order valence-electron chi connectivity index (χ4n) is 1.81. The van der Waals surface area contributed by atoms with E-state index in [9.17, 15) is 13.2 Å². The predicted octanol–water partition coefficient (Wildman–Crippen LogP) is 2.78. The monoisotopic (exact) mass is 323 g/mol. The van der Waals surface area contributed by atoms with Crippen molar-refractivity contribution in [3.05, 3.63) is 51.7 Å². The molecule has 0 bridgehead atoms. The van der Waals surface area contributed by atoms with Crippen molar-refractivity contribution in [3.8, 4) is 0 Å². The van der Waals surface area contributed by atoms with Gasteiger partial charge in [0.1, 0.15) is 0 Å². The Labute approximate surface area is 128 Å². The van der Waals surface area contributed by atoms with Crippen molar-refractivity contribution in [3.63, 3.8) is 0 Å². The van der Waals surface area contributed by atoms with Gasteiger partial charge in [-0.1, -0.05) is 17.7 Å². The number of rotatable bonds is 6. The summed E-state index contributed by atoms with van der Waals surface area (Å²) in [6.07, 6.45) is 0.572. The molecule has 0 atom stereocenters. The Morgan fingerprint density at radius 1 is 1.14 bits per heavy atom. The summed E-state index contributed by atoms with van der Waals surface area (Å²) >= 11 is 1.40. The molecule has 112 valence electrons. The molecule has 1 aromatic carbocycles. The van der Waals surface area contributed by atoms with E-state index >= 15 is 0 Å². The molecule has 0 spiro atoms. The summed E-state index contributed by atoms with van der Waals surface area (Å²) in [5.41, 5.74) is 1.02. The topological polar surface area (TPSA) is 63.2 Å². The minimum Gasteiger partial charge on any atom is -0.294 e. The number of benzene rings is 1. The number of thiophene rings is 1. The summed E-state index contributed by atoms with van der Waals surface area (Å²) in [6, 6.07) is 10.4. The van der Waals surface area contributed by atoms with Crippen molar-refractivity contribution in [2.75, 3.05) is 6.54 Å². The van der Waals surface area contributed by atoms with E-state index in [0.29, 0.717) is 17.8 Å². The van der Waals surface area contributed by atoms with E-state index in [1.165, 1.54) is 18.3 Å². The van der Waals surface area contributed by atoms with E-state index in [1.54, 1.807) is 30.3 Å². The highest BCUT2D eigenvalue weighted by Gasteiger charge is 2.13. The summed E-state index contributed by atoms with van der Waals surface area (Å²) in [4.78, 5) is 13.2. The zero-order chi connectivity index (χ0) is 15.5. The van der Waals surface area contributed by atoms with Crippen molar-refractivity contribution < 1.29 is 13.2 Å². The molecule has 0 unspecified atom stereocenters. The van der Waals surface area contributed by atoms with Gasteiger partial charge in [0.05, 0.1) is 9.77 Å². The van der Waals surface area contributed by atoms with E-state index in [-0.39, 0.29) is 10.7 Å². The van der Waals surface area contributed by atoms with Crippen LogP contribution in [-0.2, 0) is 16.4 Å². The van der Waals surface area contributed by atoms with Crippen LogP contribution in [0.15, 0.2) is 41.3 Å². The first-order chi connectivity index (χ1) is 9.88. The van der Waals surface area contributed by atoms with Gasteiger partial charge in [-0.3, -0.25) is 4.79 Å². The Bertz CT molecular complexity index is 731. The average molecular weight is 323 g/mol. The number of aryl methyl sites for hydroxylation is 1. The highest BCUT2D eigenvalue weighted by molar-refractivity contribution is 7.89. The molecule has 0 fully saturated rings. The Morgan fingerprint density at radius 2 is 1.81 bits per heavy atom. The largest absolute Gasteiger partial charge is 0.294 e. The lowest BCUT2D eigenvalue weighted by atomic mass is 10.2. The fourth-order valence-corrected chi connectivity index (χ4v) is 3.75. The van der Waals surface area contributed by atoms with E-state index in [4.69, 9.17) is 0 Å². The van der Waals surface area contributed by atoms with Gasteiger partial charge < -0.3 is 0 Å². The van der Waals surface area contributed by atoms with E-state index in [0.717, 1.165) is 10.4 Å². The number of hydrogen-bond donors (Lipinski definition) is 1. The van der Waals surface area contributed by atoms with Crippen LogP contribution in [0.4, 0.5) is 0 Å². The molecule has 21 heavy (non-hydrogen) atoms. The van der Waals surface area contributed by atoms with Crippen LogP contribution in [0.25, 0.3) is 0 Å². The average Bonchev–Trinajstić information content (AvgIpc) is 2.88. The third-order valence-corrected chi connectivity index (χ3v) is 5.73. The van der Waals surface area contributed by atoms with Crippen LogP contribution in [0.5, 0.6) is 0 Å². The van der Waals surface area contributed by atoms with Crippen molar-refractivity contribution in [1.82, 2.24) is 4.72 Å². The molecule has 1 heterocycles. The molecule has 0 aliphatic rings. The van der Waals surface area contributed by atoms with Gasteiger partial charge >= 0.3 is 0 Å². The van der Waals surface area contributed by atoms with E-state index < -0.39 is 10.0 Å². The molecule has 0 aliphatic carbocycles. The molecule has 1 aromatic heterocycles. The van der Waals surface area contributed by atoms with Gasteiger partial charge in [0.25, 0.3) is 0 Å². The lowest BCUT2D eigenvalue weighted by Crippen LogP contribution is -2.25. The van der Waals surface area contributed by atoms with Gasteiger partial charge in [-0.15, -0.1) is 11.3 Å². The second-order valence-electron chi connectivity index (χ2n) is 4.78. The minimum absolute atomic E-state index is 0.0338. The first-order valence-electron chi connectivity index (χ1n) is 6.54. The second kappa shape index (κ2) is 6.51. The predicted molar refractivity (Wildman–Crippen MR) is 84.4 cm³/mol. The zero-order valence-electron chi connectivity index (χ0n) is 11.9. The summed E-state index contributed by atoms with van der Waals surface area (Å²) in [7, 11) is -3.47. The first kappa shape index (κ1) is 15.9. The number of sulfonamides is 1. The van der Waals surface area contributed by atoms with Gasteiger partial charge in [0.15, 0.2) is 5.78 Å². The lowest BCUT2D eigenvalue weighted by molar-refractivity contribution is 0.102.